The molecule has 1 unspecified atom stereocenters. The monoisotopic (exact) mass is 223 g/mol. The molecule has 0 saturated heterocycles. The fourth-order valence-corrected chi connectivity index (χ4v) is 2.00. The molecule has 0 fully saturated rings. The van der Waals surface area contributed by atoms with E-state index in [4.69, 9.17) is 15.6 Å². The first-order valence-corrected chi connectivity index (χ1v) is 5.61. The SMILES string of the molecule is COc1c(C)cc(C(N)CCCO)cc1C. The second-order valence-electron chi connectivity index (χ2n) is 4.16. The molecule has 0 aliphatic heterocycles. The van der Waals surface area contributed by atoms with Gasteiger partial charge in [-0.2, -0.15) is 0 Å². The second-order valence-corrected chi connectivity index (χ2v) is 4.16. The van der Waals surface area contributed by atoms with Crippen LogP contribution in [0.5, 0.6) is 5.75 Å². The third-order valence-corrected chi connectivity index (χ3v) is 2.79. The predicted octanol–water partition coefficient (Wildman–Crippen LogP) is 2.08. The van der Waals surface area contributed by atoms with Crippen molar-refractivity contribution < 1.29 is 9.84 Å². The van der Waals surface area contributed by atoms with E-state index in [0.717, 1.165) is 35.3 Å². The third kappa shape index (κ3) is 2.97. The summed E-state index contributed by atoms with van der Waals surface area (Å²) in [5.41, 5.74) is 9.39. The summed E-state index contributed by atoms with van der Waals surface area (Å²) in [7, 11) is 1.68. The first kappa shape index (κ1) is 13.0. The van der Waals surface area contributed by atoms with Crippen LogP contribution in [0.1, 0.15) is 35.6 Å². The zero-order valence-electron chi connectivity index (χ0n) is 10.3. The van der Waals surface area contributed by atoms with Gasteiger partial charge in [0.15, 0.2) is 0 Å². The maximum Gasteiger partial charge on any atom is 0.124 e. The summed E-state index contributed by atoms with van der Waals surface area (Å²) in [6, 6.07) is 4.12. The van der Waals surface area contributed by atoms with E-state index in [9.17, 15) is 0 Å². The molecule has 0 saturated carbocycles. The molecule has 0 bridgehead atoms. The van der Waals surface area contributed by atoms with Crippen LogP contribution in [0, 0.1) is 13.8 Å². The minimum atomic E-state index is -0.00421. The molecule has 0 amide bonds. The molecule has 16 heavy (non-hydrogen) atoms. The van der Waals surface area contributed by atoms with Gasteiger partial charge in [0.05, 0.1) is 7.11 Å². The summed E-state index contributed by atoms with van der Waals surface area (Å²) in [5.74, 6) is 0.929. The normalized spacial score (nSPS) is 12.6. The summed E-state index contributed by atoms with van der Waals surface area (Å²) < 4.78 is 5.31. The van der Waals surface area contributed by atoms with Gasteiger partial charge < -0.3 is 15.6 Å². The van der Waals surface area contributed by atoms with Crippen molar-refractivity contribution in [1.29, 1.82) is 0 Å². The van der Waals surface area contributed by atoms with Crippen LogP contribution in [-0.2, 0) is 0 Å². The van der Waals surface area contributed by atoms with E-state index >= 15 is 0 Å². The highest BCUT2D eigenvalue weighted by molar-refractivity contribution is 5.44. The number of nitrogens with two attached hydrogens (primary N) is 1. The van der Waals surface area contributed by atoms with E-state index in [1.807, 2.05) is 13.8 Å². The number of benzene rings is 1. The predicted molar refractivity (Wildman–Crippen MR) is 65.7 cm³/mol. The van der Waals surface area contributed by atoms with Crippen molar-refractivity contribution in [1.82, 2.24) is 0 Å². The van der Waals surface area contributed by atoms with Crippen LogP contribution >= 0.6 is 0 Å². The Morgan fingerprint density at radius 3 is 2.31 bits per heavy atom. The molecule has 3 heteroatoms. The Morgan fingerprint density at radius 1 is 1.31 bits per heavy atom. The lowest BCUT2D eigenvalue weighted by Gasteiger charge is -2.16. The van der Waals surface area contributed by atoms with Crippen molar-refractivity contribution in [3.8, 4) is 5.75 Å². The summed E-state index contributed by atoms with van der Waals surface area (Å²) in [4.78, 5) is 0. The molecule has 1 rings (SSSR count). The molecule has 0 aliphatic rings. The van der Waals surface area contributed by atoms with E-state index in [2.05, 4.69) is 12.1 Å². The highest BCUT2D eigenvalue weighted by Gasteiger charge is 2.10. The van der Waals surface area contributed by atoms with Crippen LogP contribution in [0.4, 0.5) is 0 Å². The number of aliphatic hydroxyl groups is 1. The van der Waals surface area contributed by atoms with Gasteiger partial charge in [0.1, 0.15) is 5.75 Å². The topological polar surface area (TPSA) is 55.5 Å². The van der Waals surface area contributed by atoms with E-state index < -0.39 is 0 Å². The van der Waals surface area contributed by atoms with E-state index in [-0.39, 0.29) is 12.6 Å². The average molecular weight is 223 g/mol. The number of aryl methyl sites for hydroxylation is 2. The van der Waals surface area contributed by atoms with Crippen molar-refractivity contribution in [3.63, 3.8) is 0 Å². The Kier molecular flexibility index (Phi) is 4.77. The largest absolute Gasteiger partial charge is 0.496 e. The summed E-state index contributed by atoms with van der Waals surface area (Å²) in [6.45, 7) is 4.24. The van der Waals surface area contributed by atoms with Crippen LogP contribution in [0.2, 0.25) is 0 Å². The minimum absolute atomic E-state index is 0.00421. The van der Waals surface area contributed by atoms with E-state index in [1.54, 1.807) is 7.11 Å². The van der Waals surface area contributed by atoms with Gasteiger partial charge in [-0.3, -0.25) is 0 Å². The van der Waals surface area contributed by atoms with Crippen LogP contribution in [0.3, 0.4) is 0 Å². The molecule has 0 aliphatic carbocycles. The number of aliphatic hydroxyl groups excluding tert-OH is 1. The van der Waals surface area contributed by atoms with Crippen molar-refractivity contribution in [2.75, 3.05) is 13.7 Å². The Hall–Kier alpha value is -1.06. The van der Waals surface area contributed by atoms with Crippen molar-refractivity contribution in [3.05, 3.63) is 28.8 Å². The molecule has 1 aromatic rings. The zero-order valence-corrected chi connectivity index (χ0v) is 10.3. The lowest BCUT2D eigenvalue weighted by atomic mass is 9.98. The minimum Gasteiger partial charge on any atom is -0.496 e. The van der Waals surface area contributed by atoms with Crippen molar-refractivity contribution >= 4 is 0 Å². The van der Waals surface area contributed by atoms with E-state index in [0.29, 0.717) is 0 Å². The Labute approximate surface area is 97.2 Å². The molecule has 0 radical (unpaired) electrons. The van der Waals surface area contributed by atoms with Crippen LogP contribution in [0.15, 0.2) is 12.1 Å². The van der Waals surface area contributed by atoms with Gasteiger partial charge in [0.2, 0.25) is 0 Å². The quantitative estimate of drug-likeness (QED) is 0.803. The van der Waals surface area contributed by atoms with Gasteiger partial charge in [-0.25, -0.2) is 0 Å². The standard InChI is InChI=1S/C13H21NO2/c1-9-7-11(12(14)5-4-6-15)8-10(2)13(9)16-3/h7-8,12,15H,4-6,14H2,1-3H3. The van der Waals surface area contributed by atoms with Gasteiger partial charge in [-0.1, -0.05) is 12.1 Å². The lowest BCUT2D eigenvalue weighted by molar-refractivity contribution is 0.280. The van der Waals surface area contributed by atoms with Gasteiger partial charge in [-0.15, -0.1) is 0 Å². The third-order valence-electron chi connectivity index (χ3n) is 2.79. The first-order valence-electron chi connectivity index (χ1n) is 5.61. The number of methoxy groups -OCH3 is 1. The molecule has 0 spiro atoms. The maximum atomic E-state index is 8.78. The Morgan fingerprint density at radius 2 is 1.88 bits per heavy atom. The molecule has 3 N–H and O–H groups in total. The molecule has 90 valence electrons. The smallest absolute Gasteiger partial charge is 0.124 e. The van der Waals surface area contributed by atoms with Crippen molar-refractivity contribution in [2.24, 2.45) is 5.73 Å². The molecule has 0 aromatic heterocycles. The summed E-state index contributed by atoms with van der Waals surface area (Å²) >= 11 is 0. The molecule has 1 aromatic carbocycles. The van der Waals surface area contributed by atoms with Gasteiger partial charge >= 0.3 is 0 Å². The van der Waals surface area contributed by atoms with Gasteiger partial charge in [0, 0.05) is 12.6 Å². The molecule has 1 atom stereocenters. The van der Waals surface area contributed by atoms with E-state index in [1.165, 1.54) is 0 Å². The molecular weight excluding hydrogens is 202 g/mol. The molecule has 0 heterocycles. The first-order chi connectivity index (χ1) is 7.60. The molecular formula is C13H21NO2. The lowest BCUT2D eigenvalue weighted by Crippen LogP contribution is -2.11. The zero-order chi connectivity index (χ0) is 12.1. The van der Waals surface area contributed by atoms with Gasteiger partial charge in [0.25, 0.3) is 0 Å². The van der Waals surface area contributed by atoms with Crippen LogP contribution in [-0.4, -0.2) is 18.8 Å². The Balaban J connectivity index is 2.90. The summed E-state index contributed by atoms with van der Waals surface area (Å²) in [5, 5.41) is 8.78. The highest BCUT2D eigenvalue weighted by atomic mass is 16.5. The highest BCUT2D eigenvalue weighted by Crippen LogP contribution is 2.27. The number of hydrogen-bond acceptors (Lipinski definition) is 3. The fourth-order valence-electron chi connectivity index (χ4n) is 2.00. The number of hydrogen-bond donors (Lipinski definition) is 2. The van der Waals surface area contributed by atoms with Crippen LogP contribution in [0.25, 0.3) is 0 Å². The maximum absolute atomic E-state index is 8.78. The summed E-state index contributed by atoms with van der Waals surface area (Å²) in [6.07, 6.45) is 1.55. The van der Waals surface area contributed by atoms with Crippen LogP contribution < -0.4 is 10.5 Å². The number of ether oxygens (including phenoxy) is 1. The fraction of sp³-hybridized carbons (Fsp3) is 0.538. The molecule has 3 nitrogen and oxygen atoms in total. The second kappa shape index (κ2) is 5.87. The Bertz CT molecular complexity index is 327. The van der Waals surface area contributed by atoms with Gasteiger partial charge in [-0.05, 0) is 43.4 Å². The van der Waals surface area contributed by atoms with Crippen molar-refractivity contribution in [2.45, 2.75) is 32.7 Å². The number of rotatable bonds is 5. The average Bonchev–Trinajstić information content (AvgIpc) is 2.25.